The van der Waals surface area contributed by atoms with Gasteiger partial charge in [0.25, 0.3) is 5.91 Å². The van der Waals surface area contributed by atoms with Crippen molar-refractivity contribution in [3.8, 4) is 0 Å². The molecule has 3 nitrogen and oxygen atoms in total. The molecule has 0 saturated carbocycles. The molecule has 0 aliphatic rings. The Morgan fingerprint density at radius 2 is 2.25 bits per heavy atom. The molecule has 1 amide bonds. The van der Waals surface area contributed by atoms with Crippen LogP contribution in [0.1, 0.15) is 15.9 Å². The number of nitrogens with two attached hydrogens (primary N) is 1. The number of carbonyl (C=O) groups excluding carboxylic acids is 1. The van der Waals surface area contributed by atoms with Gasteiger partial charge in [-0.1, -0.05) is 18.2 Å². The second-order valence-electron chi connectivity index (χ2n) is 3.40. The van der Waals surface area contributed by atoms with Crippen molar-refractivity contribution in [1.29, 1.82) is 0 Å². The van der Waals surface area contributed by atoms with Crippen molar-refractivity contribution in [2.45, 2.75) is 6.92 Å². The van der Waals surface area contributed by atoms with E-state index in [1.807, 2.05) is 0 Å². The molecule has 0 fully saturated rings. The summed E-state index contributed by atoms with van der Waals surface area (Å²) in [6.45, 7) is 2.55. The average Bonchev–Trinajstić information content (AvgIpc) is 2.24. The molecular weight excluding hydrogens is 207 g/mol. The van der Waals surface area contributed by atoms with Crippen LogP contribution < -0.4 is 11.1 Å². The maximum atomic E-state index is 13.4. The molecule has 1 rings (SSSR count). The average molecular weight is 222 g/mol. The second-order valence-corrected chi connectivity index (χ2v) is 3.40. The first kappa shape index (κ1) is 12.4. The molecule has 0 aromatic heterocycles. The standard InChI is InChI=1S/C12H15FN2O/c1-9-4-5-10(11(13)8-9)12(16)15-7-3-2-6-14/h2-5,8H,6-7,14H2,1H3,(H,15,16)/b3-2+. The van der Waals surface area contributed by atoms with Crippen molar-refractivity contribution in [3.05, 3.63) is 47.3 Å². The number of nitrogens with one attached hydrogen (secondary N) is 1. The van der Waals surface area contributed by atoms with Crippen LogP contribution in [-0.4, -0.2) is 19.0 Å². The largest absolute Gasteiger partial charge is 0.348 e. The smallest absolute Gasteiger partial charge is 0.254 e. The third kappa shape index (κ3) is 3.47. The monoisotopic (exact) mass is 222 g/mol. The van der Waals surface area contributed by atoms with Crippen LogP contribution in [0.5, 0.6) is 0 Å². The molecule has 0 aliphatic carbocycles. The second kappa shape index (κ2) is 6.02. The zero-order valence-electron chi connectivity index (χ0n) is 9.16. The number of hydrogen-bond acceptors (Lipinski definition) is 2. The Balaban J connectivity index is 2.63. The Labute approximate surface area is 94.1 Å². The summed E-state index contributed by atoms with van der Waals surface area (Å²) in [6, 6.07) is 4.52. The number of halogens is 1. The van der Waals surface area contributed by atoms with Crippen LogP contribution in [0.4, 0.5) is 4.39 Å². The number of benzene rings is 1. The normalized spacial score (nSPS) is 10.7. The van der Waals surface area contributed by atoms with Gasteiger partial charge >= 0.3 is 0 Å². The lowest BCUT2D eigenvalue weighted by atomic mass is 10.1. The molecule has 0 unspecified atom stereocenters. The van der Waals surface area contributed by atoms with Crippen molar-refractivity contribution < 1.29 is 9.18 Å². The van der Waals surface area contributed by atoms with E-state index in [0.717, 1.165) is 5.56 Å². The van der Waals surface area contributed by atoms with Gasteiger partial charge in [-0.15, -0.1) is 0 Å². The maximum Gasteiger partial charge on any atom is 0.254 e. The van der Waals surface area contributed by atoms with Gasteiger partial charge < -0.3 is 11.1 Å². The van der Waals surface area contributed by atoms with E-state index in [2.05, 4.69) is 5.32 Å². The van der Waals surface area contributed by atoms with Gasteiger partial charge in [0, 0.05) is 13.1 Å². The molecule has 0 heterocycles. The first-order valence-corrected chi connectivity index (χ1v) is 5.04. The summed E-state index contributed by atoms with van der Waals surface area (Å²) in [7, 11) is 0. The van der Waals surface area contributed by atoms with E-state index >= 15 is 0 Å². The lowest BCUT2D eigenvalue weighted by molar-refractivity contribution is 0.0954. The lowest BCUT2D eigenvalue weighted by Gasteiger charge is -2.04. The first-order valence-electron chi connectivity index (χ1n) is 5.04. The summed E-state index contributed by atoms with van der Waals surface area (Å²) in [6.07, 6.45) is 3.45. The number of carbonyl (C=O) groups is 1. The molecule has 0 atom stereocenters. The zero-order chi connectivity index (χ0) is 12.0. The number of rotatable bonds is 4. The van der Waals surface area contributed by atoms with Gasteiger partial charge in [-0.25, -0.2) is 4.39 Å². The molecule has 1 aromatic carbocycles. The summed E-state index contributed by atoms with van der Waals surface area (Å²) < 4.78 is 13.4. The fraction of sp³-hybridized carbons (Fsp3) is 0.250. The highest BCUT2D eigenvalue weighted by Gasteiger charge is 2.09. The maximum absolute atomic E-state index is 13.4. The predicted molar refractivity (Wildman–Crippen MR) is 61.7 cm³/mol. The van der Waals surface area contributed by atoms with E-state index in [1.165, 1.54) is 12.1 Å². The molecule has 1 aromatic rings. The zero-order valence-corrected chi connectivity index (χ0v) is 9.16. The highest BCUT2D eigenvalue weighted by molar-refractivity contribution is 5.94. The molecule has 0 aliphatic heterocycles. The van der Waals surface area contributed by atoms with Gasteiger partial charge in [0.2, 0.25) is 0 Å². The van der Waals surface area contributed by atoms with Crippen LogP contribution in [0.3, 0.4) is 0 Å². The van der Waals surface area contributed by atoms with Crippen LogP contribution in [0.2, 0.25) is 0 Å². The molecule has 86 valence electrons. The lowest BCUT2D eigenvalue weighted by Crippen LogP contribution is -2.24. The third-order valence-corrected chi connectivity index (χ3v) is 2.05. The molecule has 0 spiro atoms. The van der Waals surface area contributed by atoms with E-state index in [-0.39, 0.29) is 5.56 Å². The summed E-state index contributed by atoms with van der Waals surface area (Å²) in [5.41, 5.74) is 6.09. The van der Waals surface area contributed by atoms with Gasteiger partial charge in [0.15, 0.2) is 0 Å². The van der Waals surface area contributed by atoms with Gasteiger partial charge in [-0.05, 0) is 24.6 Å². The Kier molecular flexibility index (Phi) is 4.66. The molecule has 16 heavy (non-hydrogen) atoms. The highest BCUT2D eigenvalue weighted by atomic mass is 19.1. The van der Waals surface area contributed by atoms with E-state index < -0.39 is 11.7 Å². The van der Waals surface area contributed by atoms with Crippen molar-refractivity contribution in [2.24, 2.45) is 5.73 Å². The Bertz CT molecular complexity index is 402. The van der Waals surface area contributed by atoms with Gasteiger partial charge in [0.05, 0.1) is 5.56 Å². The third-order valence-electron chi connectivity index (χ3n) is 2.05. The quantitative estimate of drug-likeness (QED) is 0.756. The molecular formula is C12H15FN2O. The van der Waals surface area contributed by atoms with Crippen LogP contribution >= 0.6 is 0 Å². The minimum atomic E-state index is -0.500. The summed E-state index contributed by atoms with van der Waals surface area (Å²) in [5, 5.41) is 2.57. The fourth-order valence-corrected chi connectivity index (χ4v) is 1.23. The van der Waals surface area contributed by atoms with Gasteiger partial charge in [0.1, 0.15) is 5.82 Å². The SMILES string of the molecule is Cc1ccc(C(=O)NC/C=C/CN)c(F)c1. The number of aryl methyl sites for hydroxylation is 1. The van der Waals surface area contributed by atoms with Crippen molar-refractivity contribution in [2.75, 3.05) is 13.1 Å². The summed E-state index contributed by atoms with van der Waals surface area (Å²) in [4.78, 5) is 11.5. The van der Waals surface area contributed by atoms with Crippen molar-refractivity contribution >= 4 is 5.91 Å². The molecule has 0 saturated heterocycles. The number of amides is 1. The molecule has 0 radical (unpaired) electrons. The van der Waals surface area contributed by atoms with E-state index in [9.17, 15) is 9.18 Å². The molecule has 0 bridgehead atoms. The van der Waals surface area contributed by atoms with Crippen LogP contribution in [-0.2, 0) is 0 Å². The predicted octanol–water partition coefficient (Wildman–Crippen LogP) is 1.38. The molecule has 4 heteroatoms. The Morgan fingerprint density at radius 1 is 1.50 bits per heavy atom. The van der Waals surface area contributed by atoms with E-state index in [1.54, 1.807) is 25.1 Å². The first-order chi connectivity index (χ1) is 7.65. The number of hydrogen-bond donors (Lipinski definition) is 2. The minimum Gasteiger partial charge on any atom is -0.348 e. The summed E-state index contributed by atoms with van der Waals surface area (Å²) >= 11 is 0. The summed E-state index contributed by atoms with van der Waals surface area (Å²) in [5.74, 6) is -0.917. The molecule has 3 N–H and O–H groups in total. The van der Waals surface area contributed by atoms with E-state index in [4.69, 9.17) is 5.73 Å². The topological polar surface area (TPSA) is 55.1 Å². The van der Waals surface area contributed by atoms with Gasteiger partial charge in [-0.3, -0.25) is 4.79 Å². The van der Waals surface area contributed by atoms with Gasteiger partial charge in [-0.2, -0.15) is 0 Å². The fourth-order valence-electron chi connectivity index (χ4n) is 1.23. The Morgan fingerprint density at radius 3 is 2.88 bits per heavy atom. The van der Waals surface area contributed by atoms with Crippen molar-refractivity contribution in [3.63, 3.8) is 0 Å². The van der Waals surface area contributed by atoms with Crippen molar-refractivity contribution in [1.82, 2.24) is 5.32 Å². The van der Waals surface area contributed by atoms with E-state index in [0.29, 0.717) is 13.1 Å². The minimum absolute atomic E-state index is 0.0618. The Hall–Kier alpha value is -1.68. The highest BCUT2D eigenvalue weighted by Crippen LogP contribution is 2.09. The van der Waals surface area contributed by atoms with Crippen LogP contribution in [0, 0.1) is 12.7 Å². The van der Waals surface area contributed by atoms with Crippen LogP contribution in [0.15, 0.2) is 30.4 Å². The van der Waals surface area contributed by atoms with Crippen LogP contribution in [0.25, 0.3) is 0 Å².